The normalized spacial score (nSPS) is 12.7. The van der Waals surface area contributed by atoms with Gasteiger partial charge >= 0.3 is 0 Å². The zero-order valence-electron chi connectivity index (χ0n) is 19.4. The number of aromatic amines is 2. The van der Waals surface area contributed by atoms with Crippen LogP contribution in [0.25, 0.3) is 21.8 Å². The van der Waals surface area contributed by atoms with Crippen molar-refractivity contribution in [1.29, 1.82) is 0 Å². The van der Waals surface area contributed by atoms with Gasteiger partial charge in [0.2, 0.25) is 0 Å². The van der Waals surface area contributed by atoms with Gasteiger partial charge in [0.25, 0.3) is 0 Å². The molecule has 0 spiro atoms. The van der Waals surface area contributed by atoms with Crippen molar-refractivity contribution in [2.24, 2.45) is 5.92 Å². The van der Waals surface area contributed by atoms with Gasteiger partial charge in [0.15, 0.2) is 0 Å². The molecule has 1 atom stereocenters. The number of hydrogen-bond acceptors (Lipinski definition) is 1. The van der Waals surface area contributed by atoms with Gasteiger partial charge in [-0.2, -0.15) is 0 Å². The topological polar surface area (TPSA) is 34.8 Å². The number of fused-ring (bicyclic) bond motifs is 2. The fourth-order valence-corrected chi connectivity index (χ4v) is 4.91. The Bertz CT molecular complexity index is 1230. The Morgan fingerprint density at radius 3 is 2.00 bits per heavy atom. The summed E-state index contributed by atoms with van der Waals surface area (Å²) in [6.45, 7) is 2.11. The van der Waals surface area contributed by atoms with Crippen molar-refractivity contribution in [3.05, 3.63) is 108 Å². The number of nitrogens with zero attached hydrogens (tertiary/aromatic N) is 1. The minimum atomic E-state index is 0.627. The van der Waals surface area contributed by atoms with Crippen molar-refractivity contribution < 1.29 is 0 Å². The third-order valence-electron chi connectivity index (χ3n) is 6.72. The van der Waals surface area contributed by atoms with Crippen molar-refractivity contribution in [1.82, 2.24) is 14.9 Å². The number of benzene rings is 3. The van der Waals surface area contributed by atoms with Crippen LogP contribution in [0, 0.1) is 5.92 Å². The molecule has 2 aromatic heterocycles. The molecule has 5 rings (SSSR count). The predicted octanol–water partition coefficient (Wildman–Crippen LogP) is 6.96. The molecule has 3 nitrogen and oxygen atoms in total. The van der Waals surface area contributed by atoms with E-state index in [2.05, 4.69) is 113 Å². The molecule has 0 saturated carbocycles. The average Bonchev–Trinajstić information content (AvgIpc) is 3.44. The SMILES string of the molecule is CN(CCC(CCc1cc2ccccc2[nH]1)Cc1cc2ccccc2[nH]1)Cc1ccccc1. The molecule has 0 amide bonds. The Balaban J connectivity index is 1.26. The summed E-state index contributed by atoms with van der Waals surface area (Å²) in [5.41, 5.74) is 6.55. The maximum absolute atomic E-state index is 3.65. The molecule has 0 aliphatic heterocycles. The van der Waals surface area contributed by atoms with Gasteiger partial charge in [0.1, 0.15) is 0 Å². The van der Waals surface area contributed by atoms with Crippen LogP contribution in [0.3, 0.4) is 0 Å². The lowest BCUT2D eigenvalue weighted by atomic mass is 9.93. The standard InChI is InChI=1S/C30H33N3/c1-33(22-24-9-3-2-4-10-24)18-17-23(19-28-21-26-12-6-8-14-30(26)32-28)15-16-27-20-25-11-5-7-13-29(25)31-27/h2-14,20-21,23,31-32H,15-19,22H2,1H3. The predicted molar refractivity (Wildman–Crippen MR) is 140 cm³/mol. The lowest BCUT2D eigenvalue weighted by Gasteiger charge is -2.21. The second-order valence-corrected chi connectivity index (χ2v) is 9.38. The van der Waals surface area contributed by atoms with Crippen molar-refractivity contribution in [2.45, 2.75) is 32.2 Å². The van der Waals surface area contributed by atoms with Crippen molar-refractivity contribution in [3.8, 4) is 0 Å². The summed E-state index contributed by atoms with van der Waals surface area (Å²) in [6, 6.07) is 32.6. The van der Waals surface area contributed by atoms with Crippen molar-refractivity contribution in [2.75, 3.05) is 13.6 Å². The Morgan fingerprint density at radius 2 is 1.30 bits per heavy atom. The van der Waals surface area contributed by atoms with E-state index in [4.69, 9.17) is 0 Å². The highest BCUT2D eigenvalue weighted by atomic mass is 15.1. The molecule has 168 valence electrons. The summed E-state index contributed by atoms with van der Waals surface area (Å²) in [6.07, 6.45) is 4.55. The first kappa shape index (κ1) is 21.5. The van der Waals surface area contributed by atoms with Gasteiger partial charge in [0, 0.05) is 29.0 Å². The van der Waals surface area contributed by atoms with E-state index in [1.54, 1.807) is 0 Å². The molecule has 0 saturated heterocycles. The second-order valence-electron chi connectivity index (χ2n) is 9.38. The molecule has 0 bridgehead atoms. The molecule has 0 fully saturated rings. The highest BCUT2D eigenvalue weighted by Crippen LogP contribution is 2.24. The van der Waals surface area contributed by atoms with Crippen LogP contribution in [-0.4, -0.2) is 28.5 Å². The fourth-order valence-electron chi connectivity index (χ4n) is 4.91. The highest BCUT2D eigenvalue weighted by molar-refractivity contribution is 5.80. The highest BCUT2D eigenvalue weighted by Gasteiger charge is 2.14. The Labute approximate surface area is 196 Å². The maximum atomic E-state index is 3.65. The Morgan fingerprint density at radius 1 is 0.697 bits per heavy atom. The summed E-state index contributed by atoms with van der Waals surface area (Å²) in [5, 5.41) is 2.62. The summed E-state index contributed by atoms with van der Waals surface area (Å²) in [5.74, 6) is 0.627. The molecule has 3 aromatic carbocycles. The van der Waals surface area contributed by atoms with Crippen molar-refractivity contribution >= 4 is 21.8 Å². The minimum absolute atomic E-state index is 0.627. The Kier molecular flexibility index (Phi) is 6.59. The largest absolute Gasteiger partial charge is 0.358 e. The summed E-state index contributed by atoms with van der Waals surface area (Å²) >= 11 is 0. The molecule has 0 radical (unpaired) electrons. The van der Waals surface area contributed by atoms with E-state index in [0.717, 1.165) is 25.9 Å². The van der Waals surface area contributed by atoms with Gasteiger partial charge in [-0.3, -0.25) is 0 Å². The molecule has 2 N–H and O–H groups in total. The van der Waals surface area contributed by atoms with E-state index in [1.807, 2.05) is 0 Å². The van der Waals surface area contributed by atoms with Crippen LogP contribution in [0.1, 0.15) is 29.8 Å². The monoisotopic (exact) mass is 435 g/mol. The molecule has 3 heteroatoms. The number of rotatable bonds is 10. The number of H-pyrrole nitrogens is 2. The van der Waals surface area contributed by atoms with Crippen molar-refractivity contribution in [3.63, 3.8) is 0 Å². The zero-order chi connectivity index (χ0) is 22.5. The third-order valence-corrected chi connectivity index (χ3v) is 6.72. The van der Waals surface area contributed by atoms with Crippen LogP contribution < -0.4 is 0 Å². The Hall–Kier alpha value is -3.30. The molecule has 33 heavy (non-hydrogen) atoms. The summed E-state index contributed by atoms with van der Waals surface area (Å²) < 4.78 is 0. The molecule has 0 aliphatic carbocycles. The molecule has 5 aromatic rings. The van der Waals surface area contributed by atoms with E-state index in [9.17, 15) is 0 Å². The first-order valence-electron chi connectivity index (χ1n) is 12.1. The molecule has 0 aliphatic rings. The number of aryl methyl sites for hydroxylation is 1. The van der Waals surface area contributed by atoms with Gasteiger partial charge in [-0.05, 0) is 85.8 Å². The quantitative estimate of drug-likeness (QED) is 0.244. The van der Waals surface area contributed by atoms with Gasteiger partial charge in [-0.1, -0.05) is 66.7 Å². The van der Waals surface area contributed by atoms with E-state index in [-0.39, 0.29) is 0 Å². The van der Waals surface area contributed by atoms with Gasteiger partial charge < -0.3 is 14.9 Å². The van der Waals surface area contributed by atoms with Crippen LogP contribution >= 0.6 is 0 Å². The molecular weight excluding hydrogens is 402 g/mol. The fraction of sp³-hybridized carbons (Fsp3) is 0.267. The van der Waals surface area contributed by atoms with Crippen LogP contribution in [-0.2, 0) is 19.4 Å². The zero-order valence-corrected chi connectivity index (χ0v) is 19.4. The number of hydrogen-bond donors (Lipinski definition) is 2. The molecule has 1 unspecified atom stereocenters. The third kappa shape index (κ3) is 5.55. The summed E-state index contributed by atoms with van der Waals surface area (Å²) in [7, 11) is 2.24. The van der Waals surface area contributed by atoms with Crippen LogP contribution in [0.5, 0.6) is 0 Å². The van der Waals surface area contributed by atoms with E-state index in [0.29, 0.717) is 5.92 Å². The molecular formula is C30H33N3. The number of nitrogens with one attached hydrogen (secondary N) is 2. The van der Waals surface area contributed by atoms with Gasteiger partial charge in [0.05, 0.1) is 0 Å². The lowest BCUT2D eigenvalue weighted by Crippen LogP contribution is -2.22. The van der Waals surface area contributed by atoms with Gasteiger partial charge in [-0.25, -0.2) is 0 Å². The number of para-hydroxylation sites is 2. The van der Waals surface area contributed by atoms with Crippen LogP contribution in [0.15, 0.2) is 91.0 Å². The smallest absolute Gasteiger partial charge is 0.0456 e. The molecule has 2 heterocycles. The summed E-state index contributed by atoms with van der Waals surface area (Å²) in [4.78, 5) is 9.72. The maximum Gasteiger partial charge on any atom is 0.0456 e. The first-order valence-corrected chi connectivity index (χ1v) is 12.1. The average molecular weight is 436 g/mol. The first-order chi connectivity index (χ1) is 16.2. The van der Waals surface area contributed by atoms with Crippen LogP contribution in [0.4, 0.5) is 0 Å². The van der Waals surface area contributed by atoms with Gasteiger partial charge in [-0.15, -0.1) is 0 Å². The second kappa shape index (κ2) is 10.1. The number of aromatic nitrogens is 2. The van der Waals surface area contributed by atoms with Crippen LogP contribution in [0.2, 0.25) is 0 Å². The van der Waals surface area contributed by atoms with E-state index in [1.165, 1.54) is 51.6 Å². The van der Waals surface area contributed by atoms with E-state index < -0.39 is 0 Å². The lowest BCUT2D eigenvalue weighted by molar-refractivity contribution is 0.285. The van der Waals surface area contributed by atoms with E-state index >= 15 is 0 Å². The minimum Gasteiger partial charge on any atom is -0.358 e.